The molecule has 2 heterocycles. The molecule has 0 N–H and O–H groups in total. The first kappa shape index (κ1) is 8.33. The molecule has 0 spiro atoms. The normalized spacial score (nSPS) is 10.2. The van der Waals surface area contributed by atoms with Crippen molar-refractivity contribution in [2.45, 2.75) is 0 Å². The molecular weight excluding hydrogens is 208 g/mol. The van der Waals surface area contributed by atoms with Gasteiger partial charge >= 0.3 is 5.00 Å². The van der Waals surface area contributed by atoms with Crippen LogP contribution in [0, 0.1) is 10.1 Å². The second-order valence-corrected chi connectivity index (χ2v) is 4.19. The molecule has 0 atom stereocenters. The number of nitro groups is 1. The Balaban J connectivity index is 2.39. The van der Waals surface area contributed by atoms with Crippen molar-refractivity contribution in [1.29, 1.82) is 0 Å². The van der Waals surface area contributed by atoms with Crippen molar-refractivity contribution in [2.75, 3.05) is 0 Å². The van der Waals surface area contributed by atoms with Crippen LogP contribution in [-0.2, 0) is 0 Å². The van der Waals surface area contributed by atoms with E-state index in [1.807, 2.05) is 5.38 Å². The number of aromatic nitrogens is 1. The summed E-state index contributed by atoms with van der Waals surface area (Å²) in [4.78, 5) is 14.9. The molecule has 2 aromatic heterocycles. The Morgan fingerprint density at radius 3 is 2.85 bits per heavy atom. The first-order chi connectivity index (χ1) is 6.27. The average molecular weight is 212 g/mol. The highest BCUT2D eigenvalue weighted by Crippen LogP contribution is 2.33. The van der Waals surface area contributed by atoms with Gasteiger partial charge in [0.05, 0.1) is 9.80 Å². The van der Waals surface area contributed by atoms with E-state index in [0.29, 0.717) is 0 Å². The minimum absolute atomic E-state index is 0.158. The van der Waals surface area contributed by atoms with E-state index >= 15 is 0 Å². The molecular formula is C7H4N2O2S2. The van der Waals surface area contributed by atoms with Crippen molar-refractivity contribution in [3.8, 4) is 9.88 Å². The average Bonchev–Trinajstić information content (AvgIpc) is 2.75. The predicted octanol–water partition coefficient (Wildman–Crippen LogP) is 2.78. The SMILES string of the molecule is O=[N+]([O-])c1ccc(-c2nccs2)s1. The van der Waals surface area contributed by atoms with E-state index in [1.54, 1.807) is 12.3 Å². The molecule has 0 saturated carbocycles. The molecule has 0 aromatic carbocycles. The second kappa shape index (κ2) is 3.23. The Kier molecular flexibility index (Phi) is 2.07. The van der Waals surface area contributed by atoms with Gasteiger partial charge in [0.25, 0.3) is 0 Å². The maximum atomic E-state index is 10.4. The summed E-state index contributed by atoms with van der Waals surface area (Å²) in [5, 5.41) is 13.2. The van der Waals surface area contributed by atoms with E-state index in [2.05, 4.69) is 4.98 Å². The van der Waals surface area contributed by atoms with Gasteiger partial charge in [-0.1, -0.05) is 11.3 Å². The predicted molar refractivity (Wildman–Crippen MR) is 52.1 cm³/mol. The third-order valence-electron chi connectivity index (χ3n) is 1.41. The molecule has 6 heteroatoms. The molecule has 0 amide bonds. The summed E-state index contributed by atoms with van der Waals surface area (Å²) < 4.78 is 0. The van der Waals surface area contributed by atoms with Crippen LogP contribution in [0.1, 0.15) is 0 Å². The molecule has 0 radical (unpaired) electrons. The van der Waals surface area contributed by atoms with Gasteiger partial charge in [0.15, 0.2) is 0 Å². The van der Waals surface area contributed by atoms with E-state index in [-0.39, 0.29) is 9.92 Å². The van der Waals surface area contributed by atoms with E-state index in [0.717, 1.165) is 21.2 Å². The molecule has 2 rings (SSSR count). The van der Waals surface area contributed by atoms with Crippen LogP contribution in [0.25, 0.3) is 9.88 Å². The summed E-state index contributed by atoms with van der Waals surface area (Å²) in [6, 6.07) is 3.23. The fourth-order valence-corrected chi connectivity index (χ4v) is 2.42. The second-order valence-electron chi connectivity index (χ2n) is 2.23. The van der Waals surface area contributed by atoms with E-state index in [4.69, 9.17) is 0 Å². The monoisotopic (exact) mass is 212 g/mol. The minimum atomic E-state index is -0.387. The van der Waals surface area contributed by atoms with Crippen LogP contribution in [0.15, 0.2) is 23.7 Å². The number of hydrogen-bond donors (Lipinski definition) is 0. The number of rotatable bonds is 2. The highest BCUT2D eigenvalue weighted by molar-refractivity contribution is 7.22. The Labute approximate surface area is 81.6 Å². The van der Waals surface area contributed by atoms with Crippen LogP contribution in [0.3, 0.4) is 0 Å². The molecule has 0 saturated heterocycles. The first-order valence-electron chi connectivity index (χ1n) is 3.41. The van der Waals surface area contributed by atoms with Crippen LogP contribution in [0.5, 0.6) is 0 Å². The lowest BCUT2D eigenvalue weighted by Gasteiger charge is -1.84. The zero-order valence-electron chi connectivity index (χ0n) is 6.34. The van der Waals surface area contributed by atoms with Crippen molar-refractivity contribution in [3.63, 3.8) is 0 Å². The largest absolute Gasteiger partial charge is 0.324 e. The zero-order valence-corrected chi connectivity index (χ0v) is 7.97. The summed E-state index contributed by atoms with van der Waals surface area (Å²) in [6.45, 7) is 0. The fourth-order valence-electron chi connectivity index (χ4n) is 0.886. The maximum absolute atomic E-state index is 10.4. The third-order valence-corrected chi connectivity index (χ3v) is 3.39. The van der Waals surface area contributed by atoms with Gasteiger partial charge in [-0.3, -0.25) is 10.1 Å². The van der Waals surface area contributed by atoms with Crippen LogP contribution >= 0.6 is 22.7 Å². The van der Waals surface area contributed by atoms with Crippen LogP contribution in [0.4, 0.5) is 5.00 Å². The van der Waals surface area contributed by atoms with E-state index in [1.165, 1.54) is 17.4 Å². The van der Waals surface area contributed by atoms with Crippen LogP contribution in [0.2, 0.25) is 0 Å². The van der Waals surface area contributed by atoms with Gasteiger partial charge in [-0.15, -0.1) is 11.3 Å². The molecule has 13 heavy (non-hydrogen) atoms. The summed E-state index contributed by atoms with van der Waals surface area (Å²) in [5.41, 5.74) is 0. The van der Waals surface area contributed by atoms with Crippen molar-refractivity contribution in [2.24, 2.45) is 0 Å². The van der Waals surface area contributed by atoms with Crippen molar-refractivity contribution in [1.82, 2.24) is 4.98 Å². The fraction of sp³-hybridized carbons (Fsp3) is 0. The topological polar surface area (TPSA) is 56.0 Å². The van der Waals surface area contributed by atoms with Crippen LogP contribution < -0.4 is 0 Å². The van der Waals surface area contributed by atoms with Gasteiger partial charge in [-0.25, -0.2) is 4.98 Å². The maximum Gasteiger partial charge on any atom is 0.324 e. The molecule has 0 bridgehead atoms. The van der Waals surface area contributed by atoms with Gasteiger partial charge in [0, 0.05) is 17.6 Å². The Hall–Kier alpha value is -1.27. The smallest absolute Gasteiger partial charge is 0.258 e. The molecule has 0 aliphatic rings. The highest BCUT2D eigenvalue weighted by atomic mass is 32.1. The first-order valence-corrected chi connectivity index (χ1v) is 5.11. The summed E-state index contributed by atoms with van der Waals surface area (Å²) in [7, 11) is 0. The molecule has 0 fully saturated rings. The third kappa shape index (κ3) is 1.58. The van der Waals surface area contributed by atoms with Gasteiger partial charge in [-0.2, -0.15) is 0 Å². The quantitative estimate of drug-likeness (QED) is 0.568. The number of thiophene rings is 1. The highest BCUT2D eigenvalue weighted by Gasteiger charge is 2.11. The van der Waals surface area contributed by atoms with E-state index < -0.39 is 0 Å². The zero-order chi connectivity index (χ0) is 9.26. The van der Waals surface area contributed by atoms with Gasteiger partial charge in [0.2, 0.25) is 0 Å². The number of nitrogens with zero attached hydrogens (tertiary/aromatic N) is 2. The standard InChI is InChI=1S/C7H4N2O2S2/c10-9(11)6-2-1-5(13-6)7-8-3-4-12-7/h1-4H. The lowest BCUT2D eigenvalue weighted by atomic mass is 10.5. The van der Waals surface area contributed by atoms with Gasteiger partial charge in [0.1, 0.15) is 5.01 Å². The Morgan fingerprint density at radius 2 is 2.31 bits per heavy atom. The van der Waals surface area contributed by atoms with Crippen molar-refractivity contribution in [3.05, 3.63) is 33.8 Å². The molecule has 0 aliphatic carbocycles. The molecule has 66 valence electrons. The Bertz CT molecular complexity index is 421. The van der Waals surface area contributed by atoms with Crippen molar-refractivity contribution < 1.29 is 4.92 Å². The summed E-state index contributed by atoms with van der Waals surface area (Å²) >= 11 is 2.63. The number of hydrogen-bond acceptors (Lipinski definition) is 5. The van der Waals surface area contributed by atoms with Gasteiger partial charge in [-0.05, 0) is 6.07 Å². The molecule has 0 aliphatic heterocycles. The lowest BCUT2D eigenvalue weighted by Crippen LogP contribution is -1.80. The summed E-state index contributed by atoms with van der Waals surface area (Å²) in [5.74, 6) is 0. The molecule has 4 nitrogen and oxygen atoms in total. The number of thiazole rings is 1. The molecule has 0 unspecified atom stereocenters. The minimum Gasteiger partial charge on any atom is -0.258 e. The van der Waals surface area contributed by atoms with Crippen molar-refractivity contribution >= 4 is 27.7 Å². The summed E-state index contributed by atoms with van der Waals surface area (Å²) in [6.07, 6.45) is 1.69. The van der Waals surface area contributed by atoms with Crippen LogP contribution in [-0.4, -0.2) is 9.91 Å². The van der Waals surface area contributed by atoms with Gasteiger partial charge < -0.3 is 0 Å². The Morgan fingerprint density at radius 1 is 1.46 bits per heavy atom. The molecule has 2 aromatic rings. The lowest BCUT2D eigenvalue weighted by molar-refractivity contribution is -0.380. The van der Waals surface area contributed by atoms with E-state index in [9.17, 15) is 10.1 Å².